The Hall–Kier alpha value is -3.18. The Labute approximate surface area is 174 Å². The van der Waals surface area contributed by atoms with E-state index >= 15 is 0 Å². The van der Waals surface area contributed by atoms with E-state index in [1.807, 2.05) is 53.2 Å². The number of hydrogen-bond donors (Lipinski definition) is 1. The quantitative estimate of drug-likeness (QED) is 0.440. The van der Waals surface area contributed by atoms with Crippen LogP contribution in [0.2, 0.25) is 0 Å². The van der Waals surface area contributed by atoms with Gasteiger partial charge in [-0.2, -0.15) is 11.3 Å². The Kier molecular flexibility index (Phi) is 6.62. The molecule has 2 atom stereocenters. The molecule has 0 aliphatic carbocycles. The molecule has 1 amide bonds. The summed E-state index contributed by atoms with van der Waals surface area (Å²) in [5.74, 6) is -1.31. The molecule has 5 heteroatoms. The fourth-order valence-corrected chi connectivity index (χ4v) is 4.22. The molecule has 29 heavy (non-hydrogen) atoms. The number of hydrogen-bond acceptors (Lipinski definition) is 4. The van der Waals surface area contributed by atoms with Crippen molar-refractivity contribution in [3.8, 4) is 0 Å². The predicted molar refractivity (Wildman–Crippen MR) is 116 cm³/mol. The fraction of sp³-hybridized carbons (Fsp3) is 0.167. The van der Waals surface area contributed by atoms with Crippen LogP contribution in [-0.2, 0) is 16.0 Å². The molecule has 148 valence electrons. The zero-order valence-electron chi connectivity index (χ0n) is 16.2. The first-order valence-electron chi connectivity index (χ1n) is 9.25. The van der Waals surface area contributed by atoms with Crippen molar-refractivity contribution in [2.45, 2.75) is 17.9 Å². The van der Waals surface area contributed by atoms with Gasteiger partial charge in [-0.1, -0.05) is 54.6 Å². The highest BCUT2D eigenvalue weighted by atomic mass is 32.1. The van der Waals surface area contributed by atoms with Gasteiger partial charge in [-0.3, -0.25) is 4.79 Å². The van der Waals surface area contributed by atoms with Crippen molar-refractivity contribution in [1.82, 2.24) is 5.32 Å². The summed E-state index contributed by atoms with van der Waals surface area (Å²) in [4.78, 5) is 26.3. The maximum Gasteiger partial charge on any atom is 0.332 e. The highest BCUT2D eigenvalue weighted by Crippen LogP contribution is 2.35. The van der Waals surface area contributed by atoms with E-state index in [0.29, 0.717) is 5.56 Å². The van der Waals surface area contributed by atoms with Crippen LogP contribution in [0.5, 0.6) is 0 Å². The highest BCUT2D eigenvalue weighted by molar-refractivity contribution is 7.08. The van der Waals surface area contributed by atoms with Gasteiger partial charge < -0.3 is 10.1 Å². The lowest BCUT2D eigenvalue weighted by Crippen LogP contribution is -2.60. The molecule has 4 nitrogen and oxygen atoms in total. The Morgan fingerprint density at radius 1 is 1.10 bits per heavy atom. The first-order chi connectivity index (χ1) is 14.1. The Morgan fingerprint density at radius 2 is 1.76 bits per heavy atom. The van der Waals surface area contributed by atoms with E-state index in [1.165, 1.54) is 18.4 Å². The summed E-state index contributed by atoms with van der Waals surface area (Å²) < 4.78 is 5.21. The standard InChI is InChI=1S/C24H23NO3S/c1-3-21(20-14-15-29-17-20)24(23(27)28-2,16-18-10-6-4-7-11-18)25-22(26)19-12-8-5-9-13-19/h3-15,17,21H,1,16H2,2H3,(H,25,26)/t21-,24+/m0/s1. The van der Waals surface area contributed by atoms with Crippen molar-refractivity contribution in [1.29, 1.82) is 0 Å². The molecule has 0 aliphatic rings. The van der Waals surface area contributed by atoms with E-state index in [1.54, 1.807) is 30.3 Å². The molecule has 0 bridgehead atoms. The van der Waals surface area contributed by atoms with Crippen molar-refractivity contribution in [2.75, 3.05) is 7.11 Å². The number of carbonyl (C=O) groups excluding carboxylic acids is 2. The number of benzene rings is 2. The molecule has 0 unspecified atom stereocenters. The first kappa shape index (κ1) is 20.6. The summed E-state index contributed by atoms with van der Waals surface area (Å²) in [6.45, 7) is 3.97. The molecule has 1 heterocycles. The van der Waals surface area contributed by atoms with Crippen LogP contribution in [0.1, 0.15) is 27.4 Å². The summed E-state index contributed by atoms with van der Waals surface area (Å²) in [7, 11) is 1.34. The Bertz CT molecular complexity index is 954. The lowest BCUT2D eigenvalue weighted by atomic mass is 9.75. The van der Waals surface area contributed by atoms with Gasteiger partial charge in [0.05, 0.1) is 7.11 Å². The molecule has 0 aliphatic heterocycles. The van der Waals surface area contributed by atoms with E-state index in [0.717, 1.165) is 11.1 Å². The number of nitrogens with one attached hydrogen (secondary N) is 1. The minimum Gasteiger partial charge on any atom is -0.467 e. The zero-order valence-corrected chi connectivity index (χ0v) is 17.0. The largest absolute Gasteiger partial charge is 0.467 e. The monoisotopic (exact) mass is 405 g/mol. The van der Waals surface area contributed by atoms with Crippen LogP contribution >= 0.6 is 11.3 Å². The van der Waals surface area contributed by atoms with Gasteiger partial charge in [-0.25, -0.2) is 4.79 Å². The van der Waals surface area contributed by atoms with Crippen LogP contribution in [0.25, 0.3) is 0 Å². The highest BCUT2D eigenvalue weighted by Gasteiger charge is 2.48. The van der Waals surface area contributed by atoms with Crippen molar-refractivity contribution in [3.63, 3.8) is 0 Å². The van der Waals surface area contributed by atoms with Crippen LogP contribution in [0.4, 0.5) is 0 Å². The van der Waals surface area contributed by atoms with Crippen LogP contribution in [0, 0.1) is 0 Å². The van der Waals surface area contributed by atoms with Crippen molar-refractivity contribution >= 4 is 23.2 Å². The number of rotatable bonds is 8. The zero-order chi connectivity index (χ0) is 20.7. The number of methoxy groups -OCH3 is 1. The third kappa shape index (κ3) is 4.46. The molecule has 0 fully saturated rings. The van der Waals surface area contributed by atoms with Crippen molar-refractivity contribution in [2.24, 2.45) is 0 Å². The molecular weight excluding hydrogens is 382 g/mol. The summed E-state index contributed by atoms with van der Waals surface area (Å²) in [6.07, 6.45) is 1.97. The number of ether oxygens (including phenoxy) is 1. The molecule has 0 saturated carbocycles. The normalized spacial score (nSPS) is 13.7. The minimum atomic E-state index is -1.34. The van der Waals surface area contributed by atoms with E-state index < -0.39 is 17.4 Å². The minimum absolute atomic E-state index is 0.269. The maximum absolute atomic E-state index is 13.2. The molecule has 2 aromatic carbocycles. The average molecular weight is 406 g/mol. The Morgan fingerprint density at radius 3 is 2.31 bits per heavy atom. The van der Waals surface area contributed by atoms with Gasteiger partial charge in [0, 0.05) is 17.9 Å². The van der Waals surface area contributed by atoms with Crippen molar-refractivity contribution in [3.05, 3.63) is 107 Å². The number of esters is 1. The second kappa shape index (κ2) is 9.34. The summed E-state index contributed by atoms with van der Waals surface area (Å²) in [5, 5.41) is 6.91. The van der Waals surface area contributed by atoms with Gasteiger partial charge in [0.15, 0.2) is 5.54 Å². The second-order valence-electron chi connectivity index (χ2n) is 6.72. The first-order valence-corrected chi connectivity index (χ1v) is 10.2. The SMILES string of the molecule is C=C[C@@H](c1ccsc1)[C@@](Cc1ccccc1)(NC(=O)c1ccccc1)C(=O)OC. The van der Waals surface area contributed by atoms with E-state index in [2.05, 4.69) is 11.9 Å². The molecule has 1 aromatic heterocycles. The maximum atomic E-state index is 13.2. The Balaban J connectivity index is 2.11. The van der Waals surface area contributed by atoms with E-state index in [4.69, 9.17) is 4.74 Å². The van der Waals surface area contributed by atoms with Crippen LogP contribution < -0.4 is 5.32 Å². The van der Waals surface area contributed by atoms with Gasteiger partial charge in [0.2, 0.25) is 0 Å². The van der Waals surface area contributed by atoms with Gasteiger partial charge in [-0.05, 0) is 40.1 Å². The molecular formula is C24H23NO3S. The smallest absolute Gasteiger partial charge is 0.332 e. The molecule has 3 aromatic rings. The summed E-state index contributed by atoms with van der Waals surface area (Å²) in [5.41, 5.74) is 0.946. The molecule has 0 radical (unpaired) electrons. The molecule has 0 spiro atoms. The van der Waals surface area contributed by atoms with Crippen LogP contribution in [0.3, 0.4) is 0 Å². The van der Waals surface area contributed by atoms with E-state index in [9.17, 15) is 9.59 Å². The van der Waals surface area contributed by atoms with Crippen LogP contribution in [-0.4, -0.2) is 24.5 Å². The number of carbonyl (C=O) groups is 2. The van der Waals surface area contributed by atoms with E-state index in [-0.39, 0.29) is 12.3 Å². The van der Waals surface area contributed by atoms with Gasteiger partial charge in [-0.15, -0.1) is 6.58 Å². The van der Waals surface area contributed by atoms with Gasteiger partial charge in [0.25, 0.3) is 5.91 Å². The lowest BCUT2D eigenvalue weighted by Gasteiger charge is -2.37. The van der Waals surface area contributed by atoms with Crippen molar-refractivity contribution < 1.29 is 14.3 Å². The lowest BCUT2D eigenvalue weighted by molar-refractivity contribution is -0.148. The molecule has 1 N–H and O–H groups in total. The summed E-state index contributed by atoms with van der Waals surface area (Å²) >= 11 is 1.53. The predicted octanol–water partition coefficient (Wildman–Crippen LogP) is 4.60. The molecule has 0 saturated heterocycles. The average Bonchev–Trinajstić information content (AvgIpc) is 3.29. The summed E-state index contributed by atoms with van der Waals surface area (Å²) in [6, 6.07) is 20.4. The van der Waals surface area contributed by atoms with Crippen LogP contribution in [0.15, 0.2) is 90.1 Å². The third-order valence-electron chi connectivity index (χ3n) is 4.92. The van der Waals surface area contributed by atoms with Gasteiger partial charge in [0.1, 0.15) is 0 Å². The fourth-order valence-electron chi connectivity index (χ4n) is 3.52. The van der Waals surface area contributed by atoms with Gasteiger partial charge >= 0.3 is 5.97 Å². The number of thiophene rings is 1. The second-order valence-corrected chi connectivity index (χ2v) is 7.50. The third-order valence-corrected chi connectivity index (χ3v) is 5.62. The molecule has 3 rings (SSSR count). The number of amides is 1. The topological polar surface area (TPSA) is 55.4 Å².